The van der Waals surface area contributed by atoms with E-state index in [0.717, 1.165) is 66.0 Å². The molecule has 1 aliphatic heterocycles. The molecular weight excluding hydrogens is 393 g/mol. The van der Waals surface area contributed by atoms with Crippen LogP contribution in [0.1, 0.15) is 30.1 Å². The Morgan fingerprint density at radius 3 is 2.43 bits per heavy atom. The molecule has 0 bridgehead atoms. The second kappa shape index (κ2) is 8.60. The number of rotatable bonds is 5. The van der Waals surface area contributed by atoms with Crippen LogP contribution in [0, 0.1) is 6.92 Å². The summed E-state index contributed by atoms with van der Waals surface area (Å²) in [7, 11) is 0. The Bertz CT molecular complexity index is 850. The molecule has 7 heteroatoms. The first-order valence-corrected chi connectivity index (χ1v) is 10.5. The van der Waals surface area contributed by atoms with Gasteiger partial charge in [0.05, 0.1) is 17.1 Å². The third-order valence-corrected chi connectivity index (χ3v) is 5.70. The maximum atomic E-state index is 6.08. The minimum absolute atomic E-state index is 0.442. The minimum atomic E-state index is 0.442. The number of nitrogens with zero attached hydrogens (tertiary/aromatic N) is 5. The second-order valence-corrected chi connectivity index (χ2v) is 8.03. The van der Waals surface area contributed by atoms with E-state index in [1.807, 2.05) is 48.0 Å². The van der Waals surface area contributed by atoms with E-state index in [1.54, 1.807) is 0 Å². The molecular formula is C21H23Cl2N5. The topological polar surface area (TPSA) is 46.8 Å². The van der Waals surface area contributed by atoms with Gasteiger partial charge in [0.2, 0.25) is 0 Å². The van der Waals surface area contributed by atoms with Crippen molar-refractivity contribution in [1.82, 2.24) is 24.9 Å². The largest absolute Gasteiger partial charge is 0.302 e. The Labute approximate surface area is 175 Å². The van der Waals surface area contributed by atoms with Gasteiger partial charge in [0.1, 0.15) is 0 Å². The molecule has 0 saturated carbocycles. The van der Waals surface area contributed by atoms with Gasteiger partial charge in [-0.05, 0) is 63.2 Å². The van der Waals surface area contributed by atoms with Crippen LogP contribution in [0.15, 0.2) is 42.5 Å². The molecule has 0 radical (unpaired) electrons. The number of aryl methyl sites for hydroxylation is 1. The Morgan fingerprint density at radius 2 is 1.79 bits per heavy atom. The SMILES string of the molecule is Cc1ccc(-n2nc(C3CCN(CCCl)CC3)cc2-c2ccc(Cl)cc2)nn1. The van der Waals surface area contributed by atoms with Crippen LogP contribution in [0.25, 0.3) is 17.1 Å². The first kappa shape index (κ1) is 19.4. The Morgan fingerprint density at radius 1 is 1.04 bits per heavy atom. The summed E-state index contributed by atoms with van der Waals surface area (Å²) in [5.41, 5.74) is 4.06. The molecule has 1 saturated heterocycles. The molecule has 0 N–H and O–H groups in total. The molecule has 0 amide bonds. The number of hydrogen-bond donors (Lipinski definition) is 0. The van der Waals surface area contributed by atoms with Crippen LogP contribution in [0.4, 0.5) is 0 Å². The van der Waals surface area contributed by atoms with Crippen molar-refractivity contribution in [2.75, 3.05) is 25.5 Å². The fourth-order valence-corrected chi connectivity index (χ4v) is 4.04. The molecule has 146 valence electrons. The fraction of sp³-hybridized carbons (Fsp3) is 0.381. The normalized spacial score (nSPS) is 15.8. The first-order chi connectivity index (χ1) is 13.6. The average Bonchev–Trinajstić information content (AvgIpc) is 3.15. The van der Waals surface area contributed by atoms with Gasteiger partial charge >= 0.3 is 0 Å². The van der Waals surface area contributed by atoms with Gasteiger partial charge in [-0.15, -0.1) is 16.7 Å². The number of benzene rings is 1. The second-order valence-electron chi connectivity index (χ2n) is 7.21. The maximum absolute atomic E-state index is 6.08. The van der Waals surface area contributed by atoms with Crippen molar-refractivity contribution in [3.8, 4) is 17.1 Å². The van der Waals surface area contributed by atoms with Crippen molar-refractivity contribution in [1.29, 1.82) is 0 Å². The summed E-state index contributed by atoms with van der Waals surface area (Å²) >= 11 is 12.0. The van der Waals surface area contributed by atoms with Crippen LogP contribution >= 0.6 is 23.2 Å². The molecule has 2 aromatic heterocycles. The third-order valence-electron chi connectivity index (χ3n) is 5.28. The summed E-state index contributed by atoms with van der Waals surface area (Å²) in [6.07, 6.45) is 2.18. The third kappa shape index (κ3) is 4.22. The smallest absolute Gasteiger partial charge is 0.176 e. The number of hydrogen-bond acceptors (Lipinski definition) is 4. The standard InChI is InChI=1S/C21H23Cl2N5/c1-15-2-7-21(25-24-15)28-20(17-3-5-18(23)6-4-17)14-19(26-28)16-8-11-27(12-9-16)13-10-22/h2-7,14,16H,8-13H2,1H3. The number of likely N-dealkylation sites (tertiary alicyclic amines) is 1. The number of halogens is 2. The monoisotopic (exact) mass is 415 g/mol. The Balaban J connectivity index is 1.68. The highest BCUT2D eigenvalue weighted by Gasteiger charge is 2.24. The van der Waals surface area contributed by atoms with Crippen LogP contribution < -0.4 is 0 Å². The van der Waals surface area contributed by atoms with E-state index in [-0.39, 0.29) is 0 Å². The van der Waals surface area contributed by atoms with Gasteiger partial charge in [-0.2, -0.15) is 10.2 Å². The lowest BCUT2D eigenvalue weighted by atomic mass is 9.93. The van der Waals surface area contributed by atoms with E-state index < -0.39 is 0 Å². The molecule has 3 aromatic rings. The summed E-state index contributed by atoms with van der Waals surface area (Å²) in [4.78, 5) is 2.42. The molecule has 28 heavy (non-hydrogen) atoms. The summed E-state index contributed by atoms with van der Waals surface area (Å²) in [5.74, 6) is 1.85. The Hall–Kier alpha value is -1.95. The van der Waals surface area contributed by atoms with Crippen LogP contribution in [-0.2, 0) is 0 Å². The molecule has 0 spiro atoms. The fourth-order valence-electron chi connectivity index (χ4n) is 3.68. The van der Waals surface area contributed by atoms with Gasteiger partial charge < -0.3 is 4.90 Å². The first-order valence-electron chi connectivity index (χ1n) is 9.59. The molecule has 0 aliphatic carbocycles. The van der Waals surface area contributed by atoms with Gasteiger partial charge in [0, 0.05) is 28.9 Å². The molecule has 0 unspecified atom stereocenters. The molecule has 3 heterocycles. The van der Waals surface area contributed by atoms with Gasteiger partial charge in [0.15, 0.2) is 5.82 Å². The van der Waals surface area contributed by atoms with Crippen LogP contribution in [0.5, 0.6) is 0 Å². The zero-order chi connectivity index (χ0) is 19.5. The van der Waals surface area contributed by atoms with Crippen molar-refractivity contribution in [2.45, 2.75) is 25.7 Å². The van der Waals surface area contributed by atoms with Gasteiger partial charge in [0.25, 0.3) is 0 Å². The van der Waals surface area contributed by atoms with Crippen molar-refractivity contribution in [3.63, 3.8) is 0 Å². The predicted molar refractivity (Wildman–Crippen MR) is 113 cm³/mol. The van der Waals surface area contributed by atoms with Crippen molar-refractivity contribution in [3.05, 3.63) is 58.9 Å². The van der Waals surface area contributed by atoms with Crippen molar-refractivity contribution >= 4 is 23.2 Å². The quantitative estimate of drug-likeness (QED) is 0.566. The summed E-state index contributed by atoms with van der Waals surface area (Å²) < 4.78 is 1.90. The number of piperidine rings is 1. The predicted octanol–water partition coefficient (Wildman–Crippen LogP) is 4.71. The summed E-state index contributed by atoms with van der Waals surface area (Å²) in [5, 5.41) is 14.2. The lowest BCUT2D eigenvalue weighted by Crippen LogP contribution is -2.34. The molecule has 1 aliphatic rings. The highest BCUT2D eigenvalue weighted by Crippen LogP contribution is 2.32. The van der Waals surface area contributed by atoms with Crippen LogP contribution in [0.3, 0.4) is 0 Å². The van der Waals surface area contributed by atoms with Crippen LogP contribution in [0.2, 0.25) is 5.02 Å². The van der Waals surface area contributed by atoms with E-state index in [4.69, 9.17) is 28.3 Å². The van der Waals surface area contributed by atoms with E-state index in [2.05, 4.69) is 21.2 Å². The molecule has 0 atom stereocenters. The lowest BCUT2D eigenvalue weighted by Gasteiger charge is -2.30. The van der Waals surface area contributed by atoms with E-state index in [9.17, 15) is 0 Å². The number of aromatic nitrogens is 4. The maximum Gasteiger partial charge on any atom is 0.176 e. The minimum Gasteiger partial charge on any atom is -0.302 e. The summed E-state index contributed by atoms with van der Waals surface area (Å²) in [6.45, 7) is 5.01. The van der Waals surface area contributed by atoms with Gasteiger partial charge in [-0.3, -0.25) is 0 Å². The molecule has 5 nitrogen and oxygen atoms in total. The van der Waals surface area contributed by atoms with E-state index in [0.29, 0.717) is 11.8 Å². The van der Waals surface area contributed by atoms with E-state index >= 15 is 0 Å². The van der Waals surface area contributed by atoms with Crippen LogP contribution in [-0.4, -0.2) is 50.4 Å². The Kier molecular flexibility index (Phi) is 5.95. The van der Waals surface area contributed by atoms with Crippen molar-refractivity contribution in [2.24, 2.45) is 0 Å². The van der Waals surface area contributed by atoms with Crippen molar-refractivity contribution < 1.29 is 0 Å². The average molecular weight is 416 g/mol. The molecule has 1 fully saturated rings. The zero-order valence-electron chi connectivity index (χ0n) is 15.9. The molecule has 1 aromatic carbocycles. The molecule has 4 rings (SSSR count). The highest BCUT2D eigenvalue weighted by atomic mass is 35.5. The lowest BCUT2D eigenvalue weighted by molar-refractivity contribution is 0.222. The highest BCUT2D eigenvalue weighted by molar-refractivity contribution is 6.30. The van der Waals surface area contributed by atoms with Gasteiger partial charge in [-0.25, -0.2) is 4.68 Å². The van der Waals surface area contributed by atoms with Gasteiger partial charge in [-0.1, -0.05) is 23.7 Å². The zero-order valence-corrected chi connectivity index (χ0v) is 17.4. The summed E-state index contributed by atoms with van der Waals surface area (Å²) in [6, 6.07) is 13.9. The van der Waals surface area contributed by atoms with E-state index in [1.165, 1.54) is 0 Å². The number of alkyl halides is 1.